The van der Waals surface area contributed by atoms with E-state index < -0.39 is 23.4 Å². The fourth-order valence-electron chi connectivity index (χ4n) is 4.64. The molecule has 0 unspecified atom stereocenters. The van der Waals surface area contributed by atoms with E-state index in [0.29, 0.717) is 5.92 Å². The van der Waals surface area contributed by atoms with Crippen molar-refractivity contribution in [3.63, 3.8) is 0 Å². The number of fused-ring (bicyclic) bond motifs is 1. The first-order chi connectivity index (χ1) is 17.2. The van der Waals surface area contributed by atoms with E-state index in [2.05, 4.69) is 18.4 Å². The van der Waals surface area contributed by atoms with Crippen LogP contribution in [0.2, 0.25) is 0 Å². The lowest BCUT2D eigenvalue weighted by Gasteiger charge is -2.25. The van der Waals surface area contributed by atoms with Gasteiger partial charge in [0.05, 0.1) is 5.56 Å². The standard InChI is InChI=1S/C31H25F5/c1-2-3-4-21-5-7-22(8-6-21)9-10-23-11-13-24(14-12-23)25-15-16-27-26(19-25)20-29(32)28(30(27)33)17-18-31(34,35)36/h2,11-16,19-22H,1,3-8H2. The number of hydrogen-bond acceptors (Lipinski definition) is 0. The van der Waals surface area contributed by atoms with E-state index in [1.807, 2.05) is 30.3 Å². The van der Waals surface area contributed by atoms with Gasteiger partial charge in [-0.2, -0.15) is 13.2 Å². The Morgan fingerprint density at radius 3 is 2.25 bits per heavy atom. The largest absolute Gasteiger partial charge is 0.458 e. The van der Waals surface area contributed by atoms with Crippen LogP contribution in [-0.4, -0.2) is 6.18 Å². The topological polar surface area (TPSA) is 0 Å². The van der Waals surface area contributed by atoms with Crippen molar-refractivity contribution in [3.05, 3.63) is 83.9 Å². The van der Waals surface area contributed by atoms with Gasteiger partial charge in [-0.1, -0.05) is 48.1 Å². The normalized spacial score (nSPS) is 17.6. The second-order valence-electron chi connectivity index (χ2n) is 9.16. The lowest BCUT2D eigenvalue weighted by molar-refractivity contribution is -0.0696. The van der Waals surface area contributed by atoms with Crippen molar-refractivity contribution in [2.75, 3.05) is 0 Å². The van der Waals surface area contributed by atoms with E-state index in [1.165, 1.54) is 25.3 Å². The van der Waals surface area contributed by atoms with Gasteiger partial charge in [-0.3, -0.25) is 0 Å². The maximum atomic E-state index is 14.7. The Bertz CT molecular complexity index is 1370. The summed E-state index contributed by atoms with van der Waals surface area (Å²) in [5.41, 5.74) is 1.58. The van der Waals surface area contributed by atoms with Gasteiger partial charge in [-0.25, -0.2) is 8.78 Å². The molecule has 1 saturated carbocycles. The summed E-state index contributed by atoms with van der Waals surface area (Å²) in [6.07, 6.45) is 4.12. The Hall–Kier alpha value is -3.57. The van der Waals surface area contributed by atoms with Crippen LogP contribution in [0.4, 0.5) is 22.0 Å². The molecule has 0 heterocycles. The van der Waals surface area contributed by atoms with Crippen LogP contribution in [0.3, 0.4) is 0 Å². The minimum Gasteiger partial charge on any atom is -0.205 e. The van der Waals surface area contributed by atoms with Crippen molar-refractivity contribution >= 4 is 10.8 Å². The highest BCUT2D eigenvalue weighted by molar-refractivity contribution is 5.89. The predicted molar refractivity (Wildman–Crippen MR) is 134 cm³/mol. The van der Waals surface area contributed by atoms with Crippen LogP contribution in [0.5, 0.6) is 0 Å². The number of hydrogen-bond donors (Lipinski definition) is 0. The van der Waals surface area contributed by atoms with Crippen molar-refractivity contribution in [2.45, 2.75) is 44.7 Å². The highest BCUT2D eigenvalue weighted by Crippen LogP contribution is 2.32. The van der Waals surface area contributed by atoms with Crippen LogP contribution < -0.4 is 0 Å². The Balaban J connectivity index is 1.49. The second kappa shape index (κ2) is 11.0. The average molecular weight is 493 g/mol. The fraction of sp³-hybridized carbons (Fsp3) is 0.290. The summed E-state index contributed by atoms with van der Waals surface area (Å²) in [5.74, 6) is 8.12. The zero-order valence-electron chi connectivity index (χ0n) is 19.7. The molecule has 0 bridgehead atoms. The molecule has 0 radical (unpaired) electrons. The molecule has 0 aliphatic heterocycles. The summed E-state index contributed by atoms with van der Waals surface area (Å²) < 4.78 is 66.1. The third-order valence-corrected chi connectivity index (χ3v) is 6.62. The number of halogens is 5. The monoisotopic (exact) mass is 492 g/mol. The van der Waals surface area contributed by atoms with E-state index in [0.717, 1.165) is 53.9 Å². The first-order valence-electron chi connectivity index (χ1n) is 12.0. The molecule has 3 aromatic rings. The summed E-state index contributed by atoms with van der Waals surface area (Å²) in [7, 11) is 0. The van der Waals surface area contributed by atoms with Crippen molar-refractivity contribution < 1.29 is 22.0 Å². The molecule has 36 heavy (non-hydrogen) atoms. The van der Waals surface area contributed by atoms with Crippen LogP contribution in [0, 0.1) is 47.2 Å². The average Bonchev–Trinajstić information content (AvgIpc) is 2.86. The van der Waals surface area contributed by atoms with Gasteiger partial charge in [0.15, 0.2) is 0 Å². The number of alkyl halides is 3. The van der Waals surface area contributed by atoms with Gasteiger partial charge in [-0.05, 0) is 85.2 Å². The lowest BCUT2D eigenvalue weighted by Crippen LogP contribution is -2.13. The molecular formula is C31H25F5. The van der Waals surface area contributed by atoms with Crippen LogP contribution in [-0.2, 0) is 0 Å². The molecule has 3 aromatic carbocycles. The maximum absolute atomic E-state index is 14.7. The second-order valence-corrected chi connectivity index (χ2v) is 9.16. The summed E-state index contributed by atoms with van der Waals surface area (Å²) in [6.45, 7) is 3.80. The first-order valence-corrected chi connectivity index (χ1v) is 12.0. The van der Waals surface area contributed by atoms with E-state index >= 15 is 0 Å². The van der Waals surface area contributed by atoms with Crippen LogP contribution in [0.25, 0.3) is 21.9 Å². The number of benzene rings is 3. The van der Waals surface area contributed by atoms with E-state index in [1.54, 1.807) is 18.1 Å². The SMILES string of the molecule is C=CCCC1CCC(C#Cc2ccc(-c3ccc4c(F)c(C#CC(F)(F)F)c(F)cc4c3)cc2)CC1. The van der Waals surface area contributed by atoms with Gasteiger partial charge in [0.25, 0.3) is 0 Å². The van der Waals surface area contributed by atoms with Gasteiger partial charge in [0, 0.05) is 22.8 Å². The highest BCUT2D eigenvalue weighted by Gasteiger charge is 2.24. The molecule has 0 nitrogen and oxygen atoms in total. The summed E-state index contributed by atoms with van der Waals surface area (Å²) in [4.78, 5) is 0. The van der Waals surface area contributed by atoms with E-state index in [-0.39, 0.29) is 10.8 Å². The van der Waals surface area contributed by atoms with Crippen molar-refractivity contribution in [1.29, 1.82) is 0 Å². The highest BCUT2D eigenvalue weighted by atomic mass is 19.4. The van der Waals surface area contributed by atoms with Crippen LogP contribution in [0.1, 0.15) is 49.7 Å². The molecule has 0 amide bonds. The summed E-state index contributed by atoms with van der Waals surface area (Å²) in [6, 6.07) is 13.3. The molecule has 184 valence electrons. The lowest BCUT2D eigenvalue weighted by atomic mass is 9.80. The zero-order valence-corrected chi connectivity index (χ0v) is 19.7. The van der Waals surface area contributed by atoms with Crippen LogP contribution in [0.15, 0.2) is 61.2 Å². The molecule has 1 fully saturated rings. The van der Waals surface area contributed by atoms with Gasteiger partial charge < -0.3 is 0 Å². The number of rotatable bonds is 4. The molecule has 0 atom stereocenters. The third kappa shape index (κ3) is 6.35. The Labute approximate surface area is 208 Å². The number of allylic oxidation sites excluding steroid dienone is 1. The summed E-state index contributed by atoms with van der Waals surface area (Å²) >= 11 is 0. The van der Waals surface area contributed by atoms with Gasteiger partial charge in [0.2, 0.25) is 0 Å². The molecule has 1 aliphatic rings. The minimum absolute atomic E-state index is 0.00771. The Morgan fingerprint density at radius 2 is 1.58 bits per heavy atom. The summed E-state index contributed by atoms with van der Waals surface area (Å²) in [5, 5.41) is 0.251. The predicted octanol–water partition coefficient (Wildman–Crippen LogP) is 8.82. The molecule has 1 aliphatic carbocycles. The molecular weight excluding hydrogens is 467 g/mol. The molecule has 0 N–H and O–H groups in total. The van der Waals surface area contributed by atoms with Gasteiger partial charge in [-0.15, -0.1) is 6.58 Å². The van der Waals surface area contributed by atoms with Crippen molar-refractivity contribution in [1.82, 2.24) is 0 Å². The Kier molecular flexibility index (Phi) is 7.80. The molecule has 0 saturated heterocycles. The quantitative estimate of drug-likeness (QED) is 0.194. The molecule has 5 heteroatoms. The molecule has 0 spiro atoms. The fourth-order valence-corrected chi connectivity index (χ4v) is 4.64. The molecule has 4 rings (SSSR count). The third-order valence-electron chi connectivity index (χ3n) is 6.62. The molecule has 0 aromatic heterocycles. The Morgan fingerprint density at radius 1 is 0.889 bits per heavy atom. The zero-order chi connectivity index (χ0) is 25.7. The smallest absolute Gasteiger partial charge is 0.205 e. The van der Waals surface area contributed by atoms with E-state index in [9.17, 15) is 22.0 Å². The van der Waals surface area contributed by atoms with Crippen molar-refractivity contribution in [3.8, 4) is 34.8 Å². The van der Waals surface area contributed by atoms with E-state index in [4.69, 9.17) is 0 Å². The van der Waals surface area contributed by atoms with Gasteiger partial charge >= 0.3 is 6.18 Å². The minimum atomic E-state index is -4.83. The first kappa shape index (κ1) is 25.5. The van der Waals surface area contributed by atoms with Crippen molar-refractivity contribution in [2.24, 2.45) is 11.8 Å². The van der Waals surface area contributed by atoms with Gasteiger partial charge in [0.1, 0.15) is 11.6 Å². The maximum Gasteiger partial charge on any atom is 0.458 e. The van der Waals surface area contributed by atoms with Crippen LogP contribution >= 0.6 is 0 Å².